The van der Waals surface area contributed by atoms with Crippen LogP contribution in [0.3, 0.4) is 0 Å². The summed E-state index contributed by atoms with van der Waals surface area (Å²) in [7, 11) is 0. The molecule has 5 fully saturated rings. The number of carbonyl (C=O) groups is 2. The number of hydrogen-bond acceptors (Lipinski definition) is 4. The molecule has 31 heavy (non-hydrogen) atoms. The summed E-state index contributed by atoms with van der Waals surface area (Å²) in [5, 5.41) is 0. The van der Waals surface area contributed by atoms with Crippen molar-refractivity contribution in [3.05, 3.63) is 11.6 Å². The molecule has 0 amide bonds. The fourth-order valence-electron chi connectivity index (χ4n) is 9.40. The number of Topliss-reactive ketones (excluding diaryl/α,β-unsaturated/α-hetero) is 1. The van der Waals surface area contributed by atoms with E-state index in [1.54, 1.807) is 6.08 Å². The molecule has 0 bridgehead atoms. The highest BCUT2D eigenvalue weighted by atomic mass is 16.7. The molecule has 0 aromatic carbocycles. The van der Waals surface area contributed by atoms with E-state index in [1.165, 1.54) is 19.3 Å². The van der Waals surface area contributed by atoms with Crippen molar-refractivity contribution in [2.45, 2.75) is 91.0 Å². The average Bonchev–Trinajstić information content (AvgIpc) is 3.17. The maximum Gasteiger partial charge on any atom is 0.171 e. The van der Waals surface area contributed by atoms with Crippen LogP contribution in [0.2, 0.25) is 0 Å². The lowest BCUT2D eigenvalue weighted by molar-refractivity contribution is -0.272. The van der Waals surface area contributed by atoms with E-state index in [2.05, 4.69) is 27.7 Å². The van der Waals surface area contributed by atoms with Gasteiger partial charge in [0.25, 0.3) is 0 Å². The lowest BCUT2D eigenvalue weighted by Crippen LogP contribution is -2.54. The van der Waals surface area contributed by atoms with Gasteiger partial charge in [0.05, 0.1) is 12.7 Å². The number of fused-ring (bicyclic) bond motifs is 7. The Morgan fingerprint density at radius 3 is 2.58 bits per heavy atom. The molecule has 0 N–H and O–H groups in total. The third-order valence-electron chi connectivity index (χ3n) is 11.1. The van der Waals surface area contributed by atoms with E-state index >= 15 is 0 Å². The van der Waals surface area contributed by atoms with Gasteiger partial charge in [-0.1, -0.05) is 27.7 Å². The van der Waals surface area contributed by atoms with Crippen LogP contribution >= 0.6 is 0 Å². The lowest BCUT2D eigenvalue weighted by Gasteiger charge is -2.58. The third kappa shape index (κ3) is 2.61. The first kappa shape index (κ1) is 20.6. The zero-order valence-corrected chi connectivity index (χ0v) is 19.6. The van der Waals surface area contributed by atoms with E-state index in [9.17, 15) is 9.59 Å². The quantitative estimate of drug-likeness (QED) is 0.541. The summed E-state index contributed by atoms with van der Waals surface area (Å²) in [6.07, 6.45) is 9.73. The SMILES string of the molecule is C[C@@H]1CC[C@]2(OC1)O[C@@H]1C[C@@H]3[C@H]4CC(=O)C5=CC(=O)CC[C@]5(C)[C@@H]4CC[C@]3(C)[C@@H]1[C@H]2C. The number of rotatable bonds is 0. The molecular formula is C27H38O4. The van der Waals surface area contributed by atoms with Crippen LogP contribution in [0.25, 0.3) is 0 Å². The topological polar surface area (TPSA) is 52.6 Å². The molecule has 0 unspecified atom stereocenters. The Morgan fingerprint density at radius 1 is 1.03 bits per heavy atom. The standard InChI is InChI=1S/C27H38O4/c1-15-5-10-27(30-14-15)16(2)24-23(31-27)13-20-18-12-22(29)21-11-17(28)6-8-25(21,3)19(18)7-9-26(20,24)4/h11,15-16,18-20,23-24H,5-10,12-14H2,1-4H3/t15-,16-,18+,19-,20-,23-,24-,25-,26+,27+/m1/s1. The van der Waals surface area contributed by atoms with Crippen molar-refractivity contribution in [2.75, 3.05) is 6.61 Å². The summed E-state index contributed by atoms with van der Waals surface area (Å²) in [6, 6.07) is 0. The Labute approximate surface area is 186 Å². The van der Waals surface area contributed by atoms with Crippen LogP contribution < -0.4 is 0 Å². The molecule has 0 aromatic heterocycles. The molecular weight excluding hydrogens is 388 g/mol. The van der Waals surface area contributed by atoms with Gasteiger partial charge < -0.3 is 9.47 Å². The predicted molar refractivity (Wildman–Crippen MR) is 117 cm³/mol. The number of ether oxygens (including phenoxy) is 2. The highest BCUT2D eigenvalue weighted by Crippen LogP contribution is 2.70. The summed E-state index contributed by atoms with van der Waals surface area (Å²) >= 11 is 0. The monoisotopic (exact) mass is 426 g/mol. The second-order valence-electron chi connectivity index (χ2n) is 12.5. The van der Waals surface area contributed by atoms with Gasteiger partial charge in [-0.05, 0) is 78.6 Å². The summed E-state index contributed by atoms with van der Waals surface area (Å²) < 4.78 is 13.2. The third-order valence-corrected chi connectivity index (χ3v) is 11.1. The number of allylic oxidation sites excluding steroid dienone is 1. The Balaban J connectivity index is 1.31. The Bertz CT molecular complexity index is 851. The van der Waals surface area contributed by atoms with E-state index in [4.69, 9.17) is 9.47 Å². The fraction of sp³-hybridized carbons (Fsp3) is 0.852. The normalized spacial score (nSPS) is 56.0. The molecule has 1 spiro atoms. The van der Waals surface area contributed by atoms with Crippen molar-refractivity contribution in [1.82, 2.24) is 0 Å². The highest BCUT2D eigenvalue weighted by molar-refractivity contribution is 6.05. The zero-order chi connectivity index (χ0) is 21.8. The van der Waals surface area contributed by atoms with Gasteiger partial charge in [0.2, 0.25) is 0 Å². The van der Waals surface area contributed by atoms with Gasteiger partial charge in [-0.2, -0.15) is 0 Å². The van der Waals surface area contributed by atoms with Gasteiger partial charge in [0, 0.05) is 30.8 Å². The zero-order valence-electron chi connectivity index (χ0n) is 19.6. The van der Waals surface area contributed by atoms with Gasteiger partial charge in [-0.25, -0.2) is 0 Å². The number of ketones is 2. The summed E-state index contributed by atoms with van der Waals surface area (Å²) in [4.78, 5) is 25.3. The van der Waals surface area contributed by atoms with Gasteiger partial charge in [-0.3, -0.25) is 9.59 Å². The fourth-order valence-corrected chi connectivity index (χ4v) is 9.40. The smallest absolute Gasteiger partial charge is 0.171 e. The van der Waals surface area contributed by atoms with E-state index in [-0.39, 0.29) is 34.3 Å². The second-order valence-corrected chi connectivity index (χ2v) is 12.5. The van der Waals surface area contributed by atoms with Crippen molar-refractivity contribution in [2.24, 2.45) is 46.3 Å². The Kier molecular flexibility index (Phi) is 4.34. The molecule has 4 nitrogen and oxygen atoms in total. The molecule has 2 aliphatic heterocycles. The van der Waals surface area contributed by atoms with Crippen LogP contribution in [-0.2, 0) is 19.1 Å². The minimum Gasteiger partial charge on any atom is -0.349 e. The molecule has 6 rings (SSSR count). The molecule has 3 saturated carbocycles. The predicted octanol–water partition coefficient (Wildman–Crippen LogP) is 5.10. The van der Waals surface area contributed by atoms with Crippen molar-refractivity contribution >= 4 is 11.6 Å². The van der Waals surface area contributed by atoms with Gasteiger partial charge in [0.1, 0.15) is 0 Å². The van der Waals surface area contributed by atoms with Crippen molar-refractivity contribution < 1.29 is 19.1 Å². The molecule has 2 heterocycles. The summed E-state index contributed by atoms with van der Waals surface area (Å²) in [6.45, 7) is 10.2. The minimum absolute atomic E-state index is 0.108. The summed E-state index contributed by atoms with van der Waals surface area (Å²) in [5.41, 5.74) is 0.965. The first-order valence-corrected chi connectivity index (χ1v) is 12.8. The maximum absolute atomic E-state index is 13.2. The van der Waals surface area contributed by atoms with Crippen LogP contribution in [0, 0.1) is 46.3 Å². The van der Waals surface area contributed by atoms with Gasteiger partial charge in [-0.15, -0.1) is 0 Å². The van der Waals surface area contributed by atoms with Crippen LogP contribution in [0.5, 0.6) is 0 Å². The number of carbonyl (C=O) groups excluding carboxylic acids is 2. The van der Waals surface area contributed by atoms with Gasteiger partial charge >= 0.3 is 0 Å². The maximum atomic E-state index is 13.2. The summed E-state index contributed by atoms with van der Waals surface area (Å²) in [5.74, 6) is 3.08. The Morgan fingerprint density at radius 2 is 1.84 bits per heavy atom. The van der Waals surface area contributed by atoms with Crippen molar-refractivity contribution in [3.8, 4) is 0 Å². The molecule has 0 radical (unpaired) electrons. The van der Waals surface area contributed by atoms with Crippen molar-refractivity contribution in [3.63, 3.8) is 0 Å². The average molecular weight is 427 g/mol. The van der Waals surface area contributed by atoms with Gasteiger partial charge in [0.15, 0.2) is 17.4 Å². The molecule has 0 aromatic rings. The van der Waals surface area contributed by atoms with E-state index in [1.807, 2.05) is 0 Å². The highest BCUT2D eigenvalue weighted by Gasteiger charge is 2.69. The first-order chi connectivity index (χ1) is 14.7. The minimum atomic E-state index is -0.374. The van der Waals surface area contributed by atoms with Crippen LogP contribution in [0.4, 0.5) is 0 Å². The number of hydrogen-bond donors (Lipinski definition) is 0. The lowest BCUT2D eigenvalue weighted by atomic mass is 9.46. The largest absolute Gasteiger partial charge is 0.349 e. The molecule has 4 heteroatoms. The van der Waals surface area contributed by atoms with Crippen LogP contribution in [0.1, 0.15) is 79.1 Å². The molecule has 2 saturated heterocycles. The van der Waals surface area contributed by atoms with E-state index in [0.717, 1.165) is 31.4 Å². The van der Waals surface area contributed by atoms with E-state index < -0.39 is 0 Å². The van der Waals surface area contributed by atoms with Crippen LogP contribution in [0.15, 0.2) is 11.6 Å². The first-order valence-electron chi connectivity index (χ1n) is 12.8. The molecule has 170 valence electrons. The van der Waals surface area contributed by atoms with Crippen LogP contribution in [-0.4, -0.2) is 30.1 Å². The molecule has 4 aliphatic carbocycles. The molecule has 10 atom stereocenters. The van der Waals surface area contributed by atoms with E-state index in [0.29, 0.717) is 48.3 Å². The van der Waals surface area contributed by atoms with Crippen molar-refractivity contribution in [1.29, 1.82) is 0 Å². The molecule has 6 aliphatic rings. The second kappa shape index (κ2) is 6.53. The Hall–Kier alpha value is -1.00.